The predicted molar refractivity (Wildman–Crippen MR) is 73.1 cm³/mol. The van der Waals surface area contributed by atoms with Crippen molar-refractivity contribution >= 4 is 28.5 Å². The molecule has 0 saturated heterocycles. The average molecular weight is 340 g/mol. The van der Waals surface area contributed by atoms with Crippen LogP contribution in [0, 0.1) is 20.8 Å². The predicted octanol–water partition coefficient (Wildman–Crippen LogP) is 2.25. The third-order valence-corrected chi connectivity index (χ3v) is 3.55. The lowest BCUT2D eigenvalue weighted by molar-refractivity contribution is -0.120. The van der Waals surface area contributed by atoms with Crippen molar-refractivity contribution in [3.63, 3.8) is 0 Å². The molecule has 0 aliphatic heterocycles. The Morgan fingerprint density at radius 3 is 2.65 bits per heavy atom. The van der Waals surface area contributed by atoms with Crippen LogP contribution in [0.2, 0.25) is 0 Å². The monoisotopic (exact) mass is 340 g/mol. The van der Waals surface area contributed by atoms with Crippen LogP contribution in [0.1, 0.15) is 18.4 Å². The van der Waals surface area contributed by atoms with E-state index < -0.39 is 0 Å². The molecule has 1 N–H and O–H groups in total. The SMILES string of the molecule is N#C[C@@H](NC(=O)Cc1ccc(I)cc1)C1CC1. The van der Waals surface area contributed by atoms with Gasteiger partial charge in [0.25, 0.3) is 0 Å². The van der Waals surface area contributed by atoms with Crippen molar-refractivity contribution in [2.45, 2.75) is 25.3 Å². The highest BCUT2D eigenvalue weighted by atomic mass is 127. The average Bonchev–Trinajstić information content (AvgIpc) is 3.13. The van der Waals surface area contributed by atoms with Gasteiger partial charge in [0.2, 0.25) is 5.91 Å². The molecular weight excluding hydrogens is 327 g/mol. The lowest BCUT2D eigenvalue weighted by atomic mass is 10.1. The molecule has 0 bridgehead atoms. The van der Waals surface area contributed by atoms with Gasteiger partial charge in [0, 0.05) is 3.57 Å². The minimum atomic E-state index is -0.300. The van der Waals surface area contributed by atoms with Crippen LogP contribution in [0.25, 0.3) is 0 Å². The Bertz CT molecular complexity index is 445. The maximum atomic E-state index is 11.7. The van der Waals surface area contributed by atoms with Gasteiger partial charge in [0.05, 0.1) is 12.5 Å². The molecule has 1 aromatic carbocycles. The number of nitrogens with one attached hydrogen (secondary N) is 1. The summed E-state index contributed by atoms with van der Waals surface area (Å²) in [6.45, 7) is 0. The number of benzene rings is 1. The number of halogens is 1. The van der Waals surface area contributed by atoms with Gasteiger partial charge < -0.3 is 5.32 Å². The number of carbonyl (C=O) groups excluding carboxylic acids is 1. The number of nitrogens with zero attached hydrogens (tertiary/aromatic N) is 1. The molecule has 2 rings (SSSR count). The molecule has 1 aliphatic carbocycles. The smallest absolute Gasteiger partial charge is 0.225 e. The molecule has 88 valence electrons. The van der Waals surface area contributed by atoms with Crippen molar-refractivity contribution in [3.05, 3.63) is 33.4 Å². The van der Waals surface area contributed by atoms with Gasteiger partial charge in [-0.3, -0.25) is 4.79 Å². The number of carbonyl (C=O) groups is 1. The Labute approximate surface area is 114 Å². The Hall–Kier alpha value is -1.09. The summed E-state index contributed by atoms with van der Waals surface area (Å²) in [7, 11) is 0. The second-order valence-corrected chi connectivity index (χ2v) is 5.56. The third-order valence-electron chi connectivity index (χ3n) is 2.83. The van der Waals surface area contributed by atoms with Gasteiger partial charge in [-0.25, -0.2) is 0 Å². The van der Waals surface area contributed by atoms with E-state index in [9.17, 15) is 4.79 Å². The van der Waals surface area contributed by atoms with Crippen molar-refractivity contribution in [2.24, 2.45) is 5.92 Å². The Kier molecular flexibility index (Phi) is 4.00. The minimum Gasteiger partial charge on any atom is -0.340 e. The Morgan fingerprint density at radius 2 is 2.12 bits per heavy atom. The van der Waals surface area contributed by atoms with E-state index in [1.54, 1.807) is 0 Å². The van der Waals surface area contributed by atoms with Gasteiger partial charge in [0.15, 0.2) is 0 Å². The van der Waals surface area contributed by atoms with Crippen LogP contribution in [0.4, 0.5) is 0 Å². The first-order valence-electron chi connectivity index (χ1n) is 5.62. The second-order valence-electron chi connectivity index (χ2n) is 4.31. The van der Waals surface area contributed by atoms with Crippen molar-refractivity contribution in [1.82, 2.24) is 5.32 Å². The van der Waals surface area contributed by atoms with E-state index in [0.717, 1.165) is 22.0 Å². The topological polar surface area (TPSA) is 52.9 Å². The normalized spacial score (nSPS) is 16.0. The molecule has 3 nitrogen and oxygen atoms in total. The largest absolute Gasteiger partial charge is 0.340 e. The number of hydrogen-bond acceptors (Lipinski definition) is 2. The quantitative estimate of drug-likeness (QED) is 0.855. The Morgan fingerprint density at radius 1 is 1.47 bits per heavy atom. The molecule has 1 fully saturated rings. The maximum Gasteiger partial charge on any atom is 0.225 e. The first-order valence-corrected chi connectivity index (χ1v) is 6.70. The summed E-state index contributed by atoms with van der Waals surface area (Å²) in [6, 6.07) is 9.70. The van der Waals surface area contributed by atoms with Crippen molar-refractivity contribution in [3.8, 4) is 6.07 Å². The molecule has 4 heteroatoms. The summed E-state index contributed by atoms with van der Waals surface area (Å²) in [4.78, 5) is 11.7. The number of rotatable bonds is 4. The summed E-state index contributed by atoms with van der Waals surface area (Å²) in [5.41, 5.74) is 0.982. The second kappa shape index (κ2) is 5.50. The first-order chi connectivity index (χ1) is 8.19. The van der Waals surface area contributed by atoms with Gasteiger partial charge >= 0.3 is 0 Å². The van der Waals surface area contributed by atoms with E-state index >= 15 is 0 Å². The van der Waals surface area contributed by atoms with Gasteiger partial charge in [0.1, 0.15) is 6.04 Å². The summed E-state index contributed by atoms with van der Waals surface area (Å²) in [6.07, 6.45) is 2.46. The van der Waals surface area contributed by atoms with Crippen molar-refractivity contribution < 1.29 is 4.79 Å². The fourth-order valence-corrected chi connectivity index (χ4v) is 2.06. The standard InChI is InChI=1S/C13H13IN2O/c14-11-5-1-9(2-6-11)7-13(17)16-12(8-15)10-3-4-10/h1-2,5-6,10,12H,3-4,7H2,(H,16,17)/t12-/m1/s1. The number of hydrogen-bond donors (Lipinski definition) is 1. The van der Waals surface area contributed by atoms with Crippen LogP contribution < -0.4 is 5.32 Å². The lowest BCUT2D eigenvalue weighted by Gasteiger charge is -2.10. The summed E-state index contributed by atoms with van der Waals surface area (Å²) >= 11 is 2.23. The molecule has 1 aromatic rings. The van der Waals surface area contributed by atoms with Crippen LogP contribution in [0.5, 0.6) is 0 Å². The fraction of sp³-hybridized carbons (Fsp3) is 0.385. The van der Waals surface area contributed by atoms with Crippen LogP contribution >= 0.6 is 22.6 Å². The maximum absolute atomic E-state index is 11.7. The molecule has 1 saturated carbocycles. The summed E-state index contributed by atoms with van der Waals surface area (Å²) in [5.74, 6) is 0.310. The van der Waals surface area contributed by atoms with Crippen molar-refractivity contribution in [1.29, 1.82) is 5.26 Å². The van der Waals surface area contributed by atoms with Gasteiger partial charge in [-0.2, -0.15) is 5.26 Å². The molecule has 1 amide bonds. The van der Waals surface area contributed by atoms with E-state index in [-0.39, 0.29) is 11.9 Å². The van der Waals surface area contributed by atoms with Crippen molar-refractivity contribution in [2.75, 3.05) is 0 Å². The zero-order valence-corrected chi connectivity index (χ0v) is 11.5. The first kappa shape index (κ1) is 12.4. The summed E-state index contributed by atoms with van der Waals surface area (Å²) in [5, 5.41) is 11.7. The number of amides is 1. The van der Waals surface area contributed by atoms with E-state index in [1.165, 1.54) is 0 Å². The van der Waals surface area contributed by atoms with Gasteiger partial charge in [-0.1, -0.05) is 12.1 Å². The van der Waals surface area contributed by atoms with Gasteiger partial charge in [-0.15, -0.1) is 0 Å². The Balaban J connectivity index is 1.88. The molecule has 0 unspecified atom stereocenters. The van der Waals surface area contributed by atoms with Gasteiger partial charge in [-0.05, 0) is 59.0 Å². The molecule has 0 aromatic heterocycles. The molecule has 0 heterocycles. The highest BCUT2D eigenvalue weighted by Gasteiger charge is 2.32. The molecule has 1 atom stereocenters. The fourth-order valence-electron chi connectivity index (χ4n) is 1.70. The lowest BCUT2D eigenvalue weighted by Crippen LogP contribution is -2.36. The molecule has 17 heavy (non-hydrogen) atoms. The van der Waals surface area contributed by atoms with Crippen LogP contribution in [0.3, 0.4) is 0 Å². The number of nitriles is 1. The molecule has 0 spiro atoms. The summed E-state index contributed by atoms with van der Waals surface area (Å²) < 4.78 is 1.15. The molecule has 1 aliphatic rings. The van der Waals surface area contributed by atoms with E-state index in [0.29, 0.717) is 12.3 Å². The zero-order valence-electron chi connectivity index (χ0n) is 9.32. The van der Waals surface area contributed by atoms with Crippen LogP contribution in [0.15, 0.2) is 24.3 Å². The molecule has 0 radical (unpaired) electrons. The van der Waals surface area contributed by atoms with Crippen LogP contribution in [-0.4, -0.2) is 11.9 Å². The molecular formula is C13H13IN2O. The minimum absolute atomic E-state index is 0.0651. The van der Waals surface area contributed by atoms with E-state index in [4.69, 9.17) is 5.26 Å². The highest BCUT2D eigenvalue weighted by molar-refractivity contribution is 14.1. The highest BCUT2D eigenvalue weighted by Crippen LogP contribution is 2.32. The zero-order chi connectivity index (χ0) is 12.3. The van der Waals surface area contributed by atoms with E-state index in [2.05, 4.69) is 34.0 Å². The third kappa shape index (κ3) is 3.70. The van der Waals surface area contributed by atoms with Crippen LogP contribution in [-0.2, 0) is 11.2 Å². The van der Waals surface area contributed by atoms with E-state index in [1.807, 2.05) is 24.3 Å².